The minimum atomic E-state index is -4.47. The highest BCUT2D eigenvalue weighted by atomic mass is 32.2. The molecule has 9 nitrogen and oxygen atoms in total. The van der Waals surface area contributed by atoms with Crippen LogP contribution in [-0.2, 0) is 15.0 Å². The molecular weight excluding hydrogens is 531 g/mol. The second kappa shape index (κ2) is 10.3. The fourth-order valence-corrected chi connectivity index (χ4v) is 5.27. The predicted octanol–water partition coefficient (Wildman–Crippen LogP) is 4.69. The number of imide groups is 1. The maximum atomic E-state index is 13.2. The fraction of sp³-hybridized carbons (Fsp3) is 0.174. The highest BCUT2D eigenvalue weighted by Crippen LogP contribution is 2.38. The number of carbonyl (C=O) groups is 2. The zero-order valence-electron chi connectivity index (χ0n) is 19.1. The van der Waals surface area contributed by atoms with E-state index in [0.29, 0.717) is 11.3 Å². The first-order valence-electron chi connectivity index (χ1n) is 10.7. The summed E-state index contributed by atoms with van der Waals surface area (Å²) in [5.41, 5.74) is -3.53. The molecular formula is C23H20F3N5O4S2. The number of nitrogens with one attached hydrogen (secondary N) is 3. The summed E-state index contributed by atoms with van der Waals surface area (Å²) in [5.74, 6) is -1.33. The van der Waals surface area contributed by atoms with Crippen LogP contribution in [0.25, 0.3) is 0 Å². The van der Waals surface area contributed by atoms with Crippen LogP contribution >= 0.6 is 11.8 Å². The van der Waals surface area contributed by atoms with Crippen molar-refractivity contribution in [3.8, 4) is 0 Å². The van der Waals surface area contributed by atoms with Gasteiger partial charge in [0.05, 0.1) is 23.3 Å². The first-order chi connectivity index (χ1) is 17.4. The first kappa shape index (κ1) is 26.3. The molecule has 2 aromatic carbocycles. The Morgan fingerprint density at radius 3 is 2.35 bits per heavy atom. The molecule has 3 aromatic rings. The predicted molar refractivity (Wildman–Crippen MR) is 133 cm³/mol. The lowest BCUT2D eigenvalue weighted by molar-refractivity contribution is -0.118. The third kappa shape index (κ3) is 6.32. The third-order valence-corrected chi connectivity index (χ3v) is 7.15. The number of thioether (sulfide) groups is 1. The van der Waals surface area contributed by atoms with E-state index in [-0.39, 0.29) is 28.0 Å². The number of benzene rings is 2. The molecule has 194 valence electrons. The number of anilines is 3. The van der Waals surface area contributed by atoms with Crippen molar-refractivity contribution in [2.45, 2.75) is 29.3 Å². The second-order valence-corrected chi connectivity index (χ2v) is 10.5. The van der Waals surface area contributed by atoms with E-state index in [1.165, 1.54) is 42.7 Å². The summed E-state index contributed by atoms with van der Waals surface area (Å²) >= 11 is -0.308. The van der Waals surface area contributed by atoms with Gasteiger partial charge in [0.2, 0.25) is 0 Å². The zero-order valence-corrected chi connectivity index (χ0v) is 20.7. The average Bonchev–Trinajstić information content (AvgIpc) is 3.12. The molecule has 2 atom stereocenters. The molecule has 1 fully saturated rings. The van der Waals surface area contributed by atoms with Gasteiger partial charge in [0.1, 0.15) is 6.04 Å². The highest BCUT2D eigenvalue weighted by Gasteiger charge is 2.43. The fourth-order valence-electron chi connectivity index (χ4n) is 3.78. The van der Waals surface area contributed by atoms with Crippen LogP contribution in [0.15, 0.2) is 78.0 Å². The Bertz CT molecular complexity index is 1400. The van der Waals surface area contributed by atoms with Crippen molar-refractivity contribution in [2.24, 2.45) is 0 Å². The average molecular weight is 552 g/mol. The molecule has 0 saturated carbocycles. The standard InChI is InChI=1S/C23H20F3N5O4S2/c1-14(18-11-12-27-13-19(18)30-37(34,35)29-15-5-3-2-4-6-15)20-21(32)31(22(33)28-20)16-7-9-17(10-8-16)36-23(24,25)26/h2-14,20,29-30H,1H3,(H,28,33). The normalized spacial score (nSPS) is 16.9. The molecule has 1 aliphatic rings. The Kier molecular flexibility index (Phi) is 7.32. The number of pyridine rings is 1. The number of para-hydroxylation sites is 1. The summed E-state index contributed by atoms with van der Waals surface area (Å²) in [6.45, 7) is 1.63. The van der Waals surface area contributed by atoms with E-state index in [0.717, 1.165) is 4.90 Å². The first-order valence-corrected chi connectivity index (χ1v) is 13.0. The summed E-state index contributed by atoms with van der Waals surface area (Å²) in [5, 5.41) is 2.57. The monoisotopic (exact) mass is 551 g/mol. The molecule has 0 radical (unpaired) electrons. The van der Waals surface area contributed by atoms with Gasteiger partial charge in [0.15, 0.2) is 0 Å². The van der Waals surface area contributed by atoms with E-state index >= 15 is 0 Å². The molecule has 2 heterocycles. The van der Waals surface area contributed by atoms with Gasteiger partial charge in [-0.2, -0.15) is 21.6 Å². The van der Waals surface area contributed by atoms with E-state index < -0.39 is 39.6 Å². The summed E-state index contributed by atoms with van der Waals surface area (Å²) in [4.78, 5) is 30.5. The molecule has 1 aliphatic heterocycles. The van der Waals surface area contributed by atoms with Crippen LogP contribution in [0.1, 0.15) is 18.4 Å². The van der Waals surface area contributed by atoms with Crippen LogP contribution < -0.4 is 19.7 Å². The van der Waals surface area contributed by atoms with Crippen molar-refractivity contribution in [2.75, 3.05) is 14.3 Å². The minimum absolute atomic E-state index is 0.0916. The number of nitrogens with zero attached hydrogens (tertiary/aromatic N) is 2. The second-order valence-electron chi connectivity index (χ2n) is 7.97. The lowest BCUT2D eigenvalue weighted by atomic mass is 9.93. The molecule has 1 aromatic heterocycles. The molecule has 0 spiro atoms. The molecule has 37 heavy (non-hydrogen) atoms. The van der Waals surface area contributed by atoms with Crippen molar-refractivity contribution >= 4 is 51.0 Å². The van der Waals surface area contributed by atoms with Gasteiger partial charge < -0.3 is 5.32 Å². The highest BCUT2D eigenvalue weighted by molar-refractivity contribution is 8.00. The lowest BCUT2D eigenvalue weighted by Gasteiger charge is -2.21. The molecule has 2 unspecified atom stereocenters. The van der Waals surface area contributed by atoms with Crippen molar-refractivity contribution in [1.82, 2.24) is 10.3 Å². The number of alkyl halides is 3. The number of hydrogen-bond donors (Lipinski definition) is 3. The zero-order chi connectivity index (χ0) is 26.8. The number of hydrogen-bond acceptors (Lipinski definition) is 6. The maximum absolute atomic E-state index is 13.2. The number of rotatable bonds is 8. The lowest BCUT2D eigenvalue weighted by Crippen LogP contribution is -2.35. The SMILES string of the molecule is CC(c1ccncc1NS(=O)(=O)Nc1ccccc1)C1NC(=O)N(c2ccc(SC(F)(F)F)cc2)C1=O. The van der Waals surface area contributed by atoms with Crippen molar-refractivity contribution in [3.05, 3.63) is 78.6 Å². The Hall–Kier alpha value is -3.78. The van der Waals surface area contributed by atoms with Crippen molar-refractivity contribution in [1.29, 1.82) is 0 Å². The maximum Gasteiger partial charge on any atom is 0.446 e. The smallest absolute Gasteiger partial charge is 0.325 e. The van der Waals surface area contributed by atoms with Gasteiger partial charge in [-0.05, 0) is 59.8 Å². The largest absolute Gasteiger partial charge is 0.446 e. The molecule has 0 aliphatic carbocycles. The van der Waals surface area contributed by atoms with E-state index in [1.807, 2.05) is 0 Å². The van der Waals surface area contributed by atoms with Gasteiger partial charge in [-0.1, -0.05) is 25.1 Å². The minimum Gasteiger partial charge on any atom is -0.325 e. The van der Waals surface area contributed by atoms with E-state index in [4.69, 9.17) is 0 Å². The van der Waals surface area contributed by atoms with Crippen molar-refractivity contribution < 1.29 is 31.2 Å². The van der Waals surface area contributed by atoms with Gasteiger partial charge in [-0.3, -0.25) is 19.2 Å². The molecule has 3 amide bonds. The van der Waals surface area contributed by atoms with Crippen molar-refractivity contribution in [3.63, 3.8) is 0 Å². The summed E-state index contributed by atoms with van der Waals surface area (Å²) < 4.78 is 67.9. The topological polar surface area (TPSA) is 120 Å². The Labute approximate surface area is 214 Å². The third-order valence-electron chi connectivity index (χ3n) is 5.41. The van der Waals surface area contributed by atoms with E-state index in [2.05, 4.69) is 19.7 Å². The Balaban J connectivity index is 1.53. The molecule has 4 rings (SSSR count). The van der Waals surface area contributed by atoms with Crippen LogP contribution in [-0.4, -0.2) is 36.9 Å². The van der Waals surface area contributed by atoms with Gasteiger partial charge in [0.25, 0.3) is 5.91 Å². The number of aromatic nitrogens is 1. The van der Waals surface area contributed by atoms with Gasteiger partial charge >= 0.3 is 21.7 Å². The Morgan fingerprint density at radius 2 is 1.70 bits per heavy atom. The van der Waals surface area contributed by atoms with Crippen LogP contribution in [0.2, 0.25) is 0 Å². The van der Waals surface area contributed by atoms with Gasteiger partial charge in [-0.25, -0.2) is 9.69 Å². The van der Waals surface area contributed by atoms with Crippen LogP contribution in [0.5, 0.6) is 0 Å². The molecule has 3 N–H and O–H groups in total. The molecule has 14 heteroatoms. The van der Waals surface area contributed by atoms with Gasteiger partial charge in [-0.15, -0.1) is 0 Å². The molecule has 0 bridgehead atoms. The summed E-state index contributed by atoms with van der Waals surface area (Å²) in [7, 11) is -4.07. The van der Waals surface area contributed by atoms with Crippen LogP contribution in [0, 0.1) is 0 Å². The van der Waals surface area contributed by atoms with E-state index in [9.17, 15) is 31.2 Å². The Morgan fingerprint density at radius 1 is 1.03 bits per heavy atom. The summed E-state index contributed by atoms with van der Waals surface area (Å²) in [6.07, 6.45) is 2.70. The molecule has 1 saturated heterocycles. The van der Waals surface area contributed by atoms with E-state index in [1.54, 1.807) is 37.3 Å². The van der Waals surface area contributed by atoms with Gasteiger partial charge in [0, 0.05) is 17.0 Å². The van der Waals surface area contributed by atoms with Crippen LogP contribution in [0.3, 0.4) is 0 Å². The number of amides is 3. The quantitative estimate of drug-likeness (QED) is 0.276. The number of carbonyl (C=O) groups excluding carboxylic acids is 2. The number of halogens is 3. The van der Waals surface area contributed by atoms with Crippen LogP contribution in [0.4, 0.5) is 35.0 Å². The summed E-state index contributed by atoms with van der Waals surface area (Å²) in [6, 6.07) is 12.7. The number of urea groups is 1.